The fourth-order valence-electron chi connectivity index (χ4n) is 7.66. The smallest absolute Gasteiger partial charge is 0.411 e. The minimum Gasteiger partial charge on any atom is -0.490 e. The molecule has 3 heterocycles. The van der Waals surface area contributed by atoms with Crippen LogP contribution in [0.15, 0.2) is 54.2 Å². The van der Waals surface area contributed by atoms with Crippen LogP contribution >= 0.6 is 23.2 Å². The molecule has 326 valence electrons. The third-order valence-electron chi connectivity index (χ3n) is 12.0. The summed E-state index contributed by atoms with van der Waals surface area (Å²) in [4.78, 5) is 37.4. The number of nitrogens with zero attached hydrogens (tertiary/aromatic N) is 3. The molecule has 3 aliphatic rings. The Morgan fingerprint density at radius 3 is 2.17 bits per heavy atom. The maximum atomic E-state index is 15.2. The largest absolute Gasteiger partial charge is 0.490 e. The number of pyridine rings is 1. The Balaban J connectivity index is 1.21. The Morgan fingerprint density at radius 1 is 0.867 bits per heavy atom. The maximum absolute atomic E-state index is 15.2. The fraction of sp³-hybridized carbons (Fsp3) is 0.553. The lowest BCUT2D eigenvalue weighted by Crippen LogP contribution is -2.50. The molecule has 2 amide bonds. The molecule has 2 unspecified atom stereocenters. The van der Waals surface area contributed by atoms with Crippen molar-refractivity contribution in [3.63, 3.8) is 0 Å². The molecule has 10 nitrogen and oxygen atoms in total. The second-order valence-corrected chi connectivity index (χ2v) is 24.5. The highest BCUT2D eigenvalue weighted by molar-refractivity contribution is 6.74. The molecule has 1 saturated heterocycles. The normalized spacial score (nSPS) is 18.1. The fourth-order valence-corrected chi connectivity index (χ4v) is 9.46. The van der Waals surface area contributed by atoms with E-state index in [4.69, 9.17) is 46.6 Å². The second kappa shape index (κ2) is 18.7. The number of aryl methyl sites for hydroxylation is 1. The van der Waals surface area contributed by atoms with Crippen molar-refractivity contribution in [2.45, 2.75) is 142 Å². The molecule has 2 fully saturated rings. The van der Waals surface area contributed by atoms with Gasteiger partial charge in [-0.1, -0.05) is 56.1 Å². The molecule has 0 radical (unpaired) electrons. The predicted molar refractivity (Wildman–Crippen MR) is 241 cm³/mol. The Kier molecular flexibility index (Phi) is 14.2. The van der Waals surface area contributed by atoms with Gasteiger partial charge in [-0.15, -0.1) is 0 Å². The lowest BCUT2D eigenvalue weighted by molar-refractivity contribution is -0.129. The van der Waals surface area contributed by atoms with Crippen molar-refractivity contribution in [2.24, 2.45) is 0 Å². The van der Waals surface area contributed by atoms with Gasteiger partial charge in [0.1, 0.15) is 24.6 Å². The summed E-state index contributed by atoms with van der Waals surface area (Å²) in [7, 11) is -1.84. The highest BCUT2D eigenvalue weighted by atomic mass is 35.5. The van der Waals surface area contributed by atoms with Crippen molar-refractivity contribution >= 4 is 49.1 Å². The van der Waals surface area contributed by atoms with E-state index in [0.717, 1.165) is 53.5 Å². The summed E-state index contributed by atoms with van der Waals surface area (Å²) < 4.78 is 30.4. The first-order chi connectivity index (χ1) is 28.2. The molecule has 1 saturated carbocycles. The van der Waals surface area contributed by atoms with Crippen LogP contribution in [0, 0.1) is 13.8 Å². The lowest BCUT2D eigenvalue weighted by atomic mass is 9.87. The Morgan fingerprint density at radius 2 is 1.53 bits per heavy atom. The number of aromatic nitrogens is 1. The maximum Gasteiger partial charge on any atom is 0.411 e. The zero-order valence-corrected chi connectivity index (χ0v) is 39.6. The van der Waals surface area contributed by atoms with E-state index < -0.39 is 20.0 Å². The zero-order chi connectivity index (χ0) is 43.6. The van der Waals surface area contributed by atoms with Crippen molar-refractivity contribution in [2.75, 3.05) is 26.4 Å². The molecule has 2 atom stereocenters. The summed E-state index contributed by atoms with van der Waals surface area (Å²) >= 11 is 12.7. The molecule has 2 aliphatic heterocycles. The van der Waals surface area contributed by atoms with E-state index in [1.807, 2.05) is 86.9 Å². The highest BCUT2D eigenvalue weighted by Crippen LogP contribution is 2.46. The van der Waals surface area contributed by atoms with E-state index in [2.05, 4.69) is 38.8 Å². The average molecular weight is 881 g/mol. The van der Waals surface area contributed by atoms with Gasteiger partial charge in [-0.2, -0.15) is 0 Å². The number of ether oxygens (including phenoxy) is 4. The standard InChI is InChI=1S/C47H63Cl2N3O7Si/c1-30-26-38(48)42(39(49)27-30)56-25-24-55-36-17-12-32(13-18-36)37-28-35-16-19-40(52(35)45(54)59-46(3,4)5)41(37)44(53)51(34-14-15-34)29-33-20-21-50-43(31(33)2)57-22-11-23-58-60(9,10)47(6,7)8/h12-13,17-18,20-21,26-27,34-35,40H,11,14-16,19,22-25,28-29H2,1-10H3. The molecule has 2 bridgehead atoms. The van der Waals surface area contributed by atoms with Gasteiger partial charge in [-0.3, -0.25) is 9.69 Å². The number of hydrogen-bond donors (Lipinski definition) is 0. The van der Waals surface area contributed by atoms with Crippen LogP contribution in [0.2, 0.25) is 28.2 Å². The van der Waals surface area contributed by atoms with Gasteiger partial charge < -0.3 is 28.3 Å². The van der Waals surface area contributed by atoms with Gasteiger partial charge in [0.25, 0.3) is 5.91 Å². The number of carbonyl (C=O) groups excluding carboxylic acids is 2. The van der Waals surface area contributed by atoms with Gasteiger partial charge in [0, 0.05) is 49.0 Å². The average Bonchev–Trinajstić information content (AvgIpc) is 3.95. The number of halogens is 2. The Hall–Kier alpha value is -3.77. The van der Waals surface area contributed by atoms with E-state index >= 15 is 4.79 Å². The SMILES string of the molecule is Cc1cc(Cl)c(OCCOc2ccc(C3=C(C(=O)N(Cc4ccnc(OCCCO[Si](C)(C)C(C)(C)C)c4C)C4CC4)C4CCC(C3)N4C(=O)OC(C)(C)C)cc2)c(Cl)c1. The molecule has 1 aromatic heterocycles. The van der Waals surface area contributed by atoms with Crippen molar-refractivity contribution < 1.29 is 33.0 Å². The van der Waals surface area contributed by atoms with Crippen LogP contribution in [0.3, 0.4) is 0 Å². The van der Waals surface area contributed by atoms with E-state index in [1.54, 1.807) is 6.20 Å². The van der Waals surface area contributed by atoms with Crippen LogP contribution in [0.25, 0.3) is 5.57 Å². The summed E-state index contributed by atoms with van der Waals surface area (Å²) in [5.74, 6) is 1.64. The molecule has 3 aromatic rings. The van der Waals surface area contributed by atoms with Gasteiger partial charge in [0.15, 0.2) is 14.1 Å². The Labute approximate surface area is 368 Å². The summed E-state index contributed by atoms with van der Waals surface area (Å²) in [5, 5.41) is 1.06. The van der Waals surface area contributed by atoms with E-state index in [-0.39, 0.29) is 42.3 Å². The monoisotopic (exact) mass is 879 g/mol. The molecule has 6 rings (SSSR count). The van der Waals surface area contributed by atoms with Crippen LogP contribution in [0.1, 0.15) is 102 Å². The third kappa shape index (κ3) is 11.0. The Bertz CT molecular complexity index is 2030. The molecule has 60 heavy (non-hydrogen) atoms. The first-order valence-electron chi connectivity index (χ1n) is 21.3. The van der Waals surface area contributed by atoms with Gasteiger partial charge in [-0.05, 0) is 137 Å². The minimum absolute atomic E-state index is 0.0428. The van der Waals surface area contributed by atoms with Crippen molar-refractivity contribution in [1.82, 2.24) is 14.8 Å². The summed E-state index contributed by atoms with van der Waals surface area (Å²) in [6, 6.07) is 13.1. The molecular weight excluding hydrogens is 818 g/mol. The topological polar surface area (TPSA) is 99.7 Å². The van der Waals surface area contributed by atoms with Crippen molar-refractivity contribution in [3.05, 3.63) is 86.5 Å². The highest BCUT2D eigenvalue weighted by Gasteiger charge is 2.49. The molecular formula is C47H63Cl2N3O7Si. The van der Waals surface area contributed by atoms with E-state index in [0.29, 0.717) is 65.6 Å². The van der Waals surface area contributed by atoms with Crippen molar-refractivity contribution in [1.29, 1.82) is 0 Å². The van der Waals surface area contributed by atoms with Crippen molar-refractivity contribution in [3.8, 4) is 17.4 Å². The number of benzene rings is 2. The first-order valence-corrected chi connectivity index (χ1v) is 25.0. The number of rotatable bonds is 16. The van der Waals surface area contributed by atoms with Crippen LogP contribution in [0.5, 0.6) is 17.4 Å². The number of fused-ring (bicyclic) bond motifs is 2. The first kappa shape index (κ1) is 45.7. The van der Waals surface area contributed by atoms with Crippen LogP contribution in [-0.4, -0.2) is 85.3 Å². The van der Waals surface area contributed by atoms with E-state index in [1.165, 1.54) is 0 Å². The molecule has 2 aromatic carbocycles. The quantitative estimate of drug-likeness (QED) is 0.104. The molecule has 1 aliphatic carbocycles. The summed E-state index contributed by atoms with van der Waals surface area (Å²) in [6.45, 7) is 22.9. The number of amides is 2. The van der Waals surface area contributed by atoms with Crippen LogP contribution < -0.4 is 14.2 Å². The second-order valence-electron chi connectivity index (χ2n) is 18.9. The van der Waals surface area contributed by atoms with Gasteiger partial charge in [0.2, 0.25) is 5.88 Å². The molecule has 0 spiro atoms. The molecule has 0 N–H and O–H groups in total. The van der Waals surface area contributed by atoms with Gasteiger partial charge in [-0.25, -0.2) is 9.78 Å². The van der Waals surface area contributed by atoms with Crippen LogP contribution in [0.4, 0.5) is 4.79 Å². The van der Waals surface area contributed by atoms with E-state index in [9.17, 15) is 4.79 Å². The third-order valence-corrected chi connectivity index (χ3v) is 17.1. The summed E-state index contributed by atoms with van der Waals surface area (Å²) in [6.07, 6.45) is 6.03. The lowest BCUT2D eigenvalue weighted by Gasteiger charge is -2.39. The zero-order valence-electron chi connectivity index (χ0n) is 37.1. The molecule has 13 heteroatoms. The number of carbonyl (C=O) groups is 2. The van der Waals surface area contributed by atoms with Gasteiger partial charge >= 0.3 is 6.09 Å². The predicted octanol–water partition coefficient (Wildman–Crippen LogP) is 11.4. The van der Waals surface area contributed by atoms with Crippen LogP contribution in [-0.2, 0) is 20.5 Å². The van der Waals surface area contributed by atoms with Gasteiger partial charge in [0.05, 0.1) is 22.7 Å². The minimum atomic E-state index is -1.84. The summed E-state index contributed by atoms with van der Waals surface area (Å²) in [5.41, 5.74) is 4.76. The number of hydrogen-bond acceptors (Lipinski definition) is 8.